The zero-order valence-corrected chi connectivity index (χ0v) is 15.5. The highest BCUT2D eigenvalue weighted by Gasteiger charge is 2.58. The van der Waals surface area contributed by atoms with E-state index in [9.17, 15) is 24.8 Å². The van der Waals surface area contributed by atoms with Crippen molar-refractivity contribution in [3.8, 4) is 0 Å². The van der Waals surface area contributed by atoms with Gasteiger partial charge in [0.05, 0.1) is 18.8 Å². The molecule has 0 saturated carbocycles. The van der Waals surface area contributed by atoms with Crippen LogP contribution in [0.15, 0.2) is 54.6 Å². The van der Waals surface area contributed by atoms with E-state index >= 15 is 0 Å². The molecular weight excluding hydrogens is 366 g/mol. The highest BCUT2D eigenvalue weighted by Crippen LogP contribution is 2.33. The van der Waals surface area contributed by atoms with E-state index in [1.807, 2.05) is 0 Å². The number of quaternary nitrogens is 1. The molecule has 2 N–H and O–H groups in total. The van der Waals surface area contributed by atoms with Crippen LogP contribution in [0.3, 0.4) is 0 Å². The van der Waals surface area contributed by atoms with E-state index in [4.69, 9.17) is 9.47 Å². The van der Waals surface area contributed by atoms with Crippen molar-refractivity contribution in [1.29, 1.82) is 0 Å². The van der Waals surface area contributed by atoms with Crippen LogP contribution in [0, 0.1) is 5.21 Å². The Morgan fingerprint density at radius 2 is 1.43 bits per heavy atom. The number of hydrogen-bond donors (Lipinski definition) is 2. The van der Waals surface area contributed by atoms with E-state index in [1.165, 1.54) is 50.2 Å². The molecular formula is C20H21NO7. The van der Waals surface area contributed by atoms with Crippen LogP contribution < -0.4 is 5.23 Å². The number of hydrogen-bond acceptors (Lipinski definition) is 7. The summed E-state index contributed by atoms with van der Waals surface area (Å²) in [4.78, 5) is 39.5. The van der Waals surface area contributed by atoms with Crippen molar-refractivity contribution in [3.63, 3.8) is 0 Å². The molecule has 0 heterocycles. The lowest BCUT2D eigenvalue weighted by Crippen LogP contribution is -2.99. The van der Waals surface area contributed by atoms with Crippen molar-refractivity contribution < 1.29 is 34.3 Å². The van der Waals surface area contributed by atoms with Crippen molar-refractivity contribution in [2.45, 2.75) is 19.3 Å². The van der Waals surface area contributed by atoms with Gasteiger partial charge in [-0.3, -0.25) is 4.79 Å². The van der Waals surface area contributed by atoms with Crippen molar-refractivity contribution in [3.05, 3.63) is 70.9 Å². The Balaban J connectivity index is 2.81. The van der Waals surface area contributed by atoms with Crippen LogP contribution >= 0.6 is 0 Å². The summed E-state index contributed by atoms with van der Waals surface area (Å²) in [6.07, 6.45) is 0. The molecule has 0 aliphatic heterocycles. The summed E-state index contributed by atoms with van der Waals surface area (Å²) in [5.74, 6) is -3.26. The maximum Gasteiger partial charge on any atom is 0.336 e. The first-order valence-electron chi connectivity index (χ1n) is 8.68. The zero-order valence-electron chi connectivity index (χ0n) is 15.5. The molecule has 2 rings (SSSR count). The maximum absolute atomic E-state index is 13.6. The maximum atomic E-state index is 13.6. The Morgan fingerprint density at radius 3 is 1.93 bits per heavy atom. The predicted molar refractivity (Wildman–Crippen MR) is 97.9 cm³/mol. The van der Waals surface area contributed by atoms with Gasteiger partial charge in [-0.2, -0.15) is 5.23 Å². The molecule has 8 heteroatoms. The van der Waals surface area contributed by atoms with E-state index < -0.39 is 28.4 Å². The fourth-order valence-electron chi connectivity index (χ4n) is 2.87. The quantitative estimate of drug-likeness (QED) is 0.304. The zero-order chi connectivity index (χ0) is 20.7. The van der Waals surface area contributed by atoms with E-state index in [0.717, 1.165) is 0 Å². The molecule has 0 radical (unpaired) electrons. The summed E-state index contributed by atoms with van der Waals surface area (Å²) < 4.78 is 10.1. The highest BCUT2D eigenvalue weighted by atomic mass is 16.8. The highest BCUT2D eigenvalue weighted by molar-refractivity contribution is 6.31. The SMILES string of the molecule is CCOC(=O)C(C(=O)OCC)(C(=O)c1ccccc1[NH+]([O-])O)c1ccccc1. The van der Waals surface area contributed by atoms with Crippen LogP contribution in [-0.4, -0.2) is 36.1 Å². The van der Waals surface area contributed by atoms with Gasteiger partial charge in [0, 0.05) is 6.07 Å². The lowest BCUT2D eigenvalue weighted by atomic mass is 9.74. The predicted octanol–water partition coefficient (Wildman–Crippen LogP) is 1.34. The number of carbonyl (C=O) groups excluding carboxylic acids is 3. The van der Waals surface area contributed by atoms with E-state index in [-0.39, 0.29) is 30.0 Å². The smallest absolute Gasteiger partial charge is 0.336 e. The van der Waals surface area contributed by atoms with Gasteiger partial charge in [-0.25, -0.2) is 14.8 Å². The number of nitrogens with one attached hydrogen (secondary N) is 1. The Morgan fingerprint density at radius 1 is 0.929 bits per heavy atom. The largest absolute Gasteiger partial charge is 0.595 e. The number of ketones is 1. The van der Waals surface area contributed by atoms with Crippen LogP contribution in [0.5, 0.6) is 0 Å². The van der Waals surface area contributed by atoms with E-state index in [2.05, 4.69) is 0 Å². The Kier molecular flexibility index (Phi) is 7.00. The summed E-state index contributed by atoms with van der Waals surface area (Å²) in [5.41, 5.74) is -3.06. The van der Waals surface area contributed by atoms with Gasteiger partial charge in [-0.05, 0) is 25.5 Å². The monoisotopic (exact) mass is 387 g/mol. The minimum atomic E-state index is -2.47. The minimum Gasteiger partial charge on any atom is -0.595 e. The fourth-order valence-corrected chi connectivity index (χ4v) is 2.87. The lowest BCUT2D eigenvalue weighted by molar-refractivity contribution is -0.991. The molecule has 8 nitrogen and oxygen atoms in total. The topological polar surface area (TPSA) is 117 Å². The Labute approximate surface area is 161 Å². The molecule has 2 aromatic rings. The molecule has 148 valence electrons. The molecule has 28 heavy (non-hydrogen) atoms. The average molecular weight is 387 g/mol. The van der Waals surface area contributed by atoms with E-state index in [1.54, 1.807) is 18.2 Å². The summed E-state index contributed by atoms with van der Waals surface area (Å²) in [6.45, 7) is 2.91. The minimum absolute atomic E-state index is 0.0390. The third kappa shape index (κ3) is 3.79. The summed E-state index contributed by atoms with van der Waals surface area (Å²) in [5, 5.41) is 19.7. The summed E-state index contributed by atoms with van der Waals surface area (Å²) in [6, 6.07) is 13.0. The van der Waals surface area contributed by atoms with Gasteiger partial charge in [0.1, 0.15) is 0 Å². The van der Waals surface area contributed by atoms with Crippen molar-refractivity contribution in [2.24, 2.45) is 0 Å². The van der Waals surface area contributed by atoms with Crippen molar-refractivity contribution in [1.82, 2.24) is 0 Å². The van der Waals surface area contributed by atoms with Crippen LogP contribution in [0.4, 0.5) is 5.69 Å². The molecule has 0 bridgehead atoms. The normalized spacial score (nSPS) is 12.1. The molecule has 0 amide bonds. The second-order valence-electron chi connectivity index (χ2n) is 5.74. The van der Waals surface area contributed by atoms with Gasteiger partial charge in [0.2, 0.25) is 5.78 Å². The summed E-state index contributed by atoms with van der Waals surface area (Å²) >= 11 is 0. The standard InChI is InChI=1S/C20H21NO7/c1-3-27-18(23)20(19(24)28-4-2,14-10-6-5-7-11-14)17(22)15-12-8-9-13-16(15)21(25)26/h5-13,21,25H,3-4H2,1-2H3. The van der Waals surface area contributed by atoms with Gasteiger partial charge in [-0.15, -0.1) is 0 Å². The number of para-hydroxylation sites is 1. The van der Waals surface area contributed by atoms with Crippen LogP contribution in [-0.2, 0) is 24.5 Å². The van der Waals surface area contributed by atoms with Gasteiger partial charge >= 0.3 is 11.9 Å². The number of carbonyl (C=O) groups is 3. The second-order valence-corrected chi connectivity index (χ2v) is 5.74. The molecule has 0 spiro atoms. The fraction of sp³-hybridized carbons (Fsp3) is 0.250. The first-order valence-corrected chi connectivity index (χ1v) is 8.68. The van der Waals surface area contributed by atoms with Crippen LogP contribution in [0.1, 0.15) is 29.8 Å². The van der Waals surface area contributed by atoms with Gasteiger partial charge in [0.15, 0.2) is 5.69 Å². The Hall–Kier alpha value is -3.07. The lowest BCUT2D eigenvalue weighted by Gasteiger charge is -2.29. The first kappa shape index (κ1) is 21.2. The van der Waals surface area contributed by atoms with Crippen LogP contribution in [0.2, 0.25) is 0 Å². The molecule has 1 atom stereocenters. The molecule has 2 aromatic carbocycles. The third-order valence-corrected chi connectivity index (χ3v) is 4.11. The van der Waals surface area contributed by atoms with Gasteiger partial charge < -0.3 is 14.7 Å². The van der Waals surface area contributed by atoms with Gasteiger partial charge in [-0.1, -0.05) is 42.5 Å². The molecule has 0 saturated heterocycles. The number of ether oxygens (including phenoxy) is 2. The third-order valence-electron chi connectivity index (χ3n) is 4.11. The average Bonchev–Trinajstić information content (AvgIpc) is 2.69. The molecule has 0 aliphatic carbocycles. The number of esters is 2. The molecule has 0 aliphatic rings. The number of Topliss-reactive ketones (excluding diaryl/α,β-unsaturated/α-hetero) is 1. The number of rotatable bonds is 8. The second kappa shape index (κ2) is 9.23. The van der Waals surface area contributed by atoms with Crippen molar-refractivity contribution in [2.75, 3.05) is 13.2 Å². The molecule has 0 aromatic heterocycles. The molecule has 1 unspecified atom stereocenters. The first-order chi connectivity index (χ1) is 13.4. The summed E-state index contributed by atoms with van der Waals surface area (Å²) in [7, 11) is 0. The molecule has 0 fully saturated rings. The van der Waals surface area contributed by atoms with Gasteiger partial charge in [0.25, 0.3) is 5.41 Å². The van der Waals surface area contributed by atoms with Crippen molar-refractivity contribution >= 4 is 23.4 Å². The van der Waals surface area contributed by atoms with Crippen LogP contribution in [0.25, 0.3) is 0 Å². The number of benzene rings is 2. The Bertz CT molecular complexity index is 831. The van der Waals surface area contributed by atoms with E-state index in [0.29, 0.717) is 0 Å².